The van der Waals surface area contributed by atoms with Crippen molar-refractivity contribution in [2.75, 3.05) is 25.9 Å². The zero-order chi connectivity index (χ0) is 14.0. The summed E-state index contributed by atoms with van der Waals surface area (Å²) in [6.45, 7) is 0.614. The van der Waals surface area contributed by atoms with E-state index < -0.39 is 16.1 Å². The van der Waals surface area contributed by atoms with E-state index in [9.17, 15) is 13.5 Å². The molecular formula is C12H18N2O4S. The molecule has 1 fully saturated rings. The van der Waals surface area contributed by atoms with E-state index in [1.807, 2.05) is 0 Å². The number of aliphatic hydroxyl groups is 1. The maximum atomic E-state index is 12.5. The number of hydrogen-bond donors (Lipinski definition) is 2. The topological polar surface area (TPSA) is 92.9 Å². The van der Waals surface area contributed by atoms with Gasteiger partial charge in [0, 0.05) is 18.8 Å². The zero-order valence-electron chi connectivity index (χ0n) is 10.7. The van der Waals surface area contributed by atoms with E-state index in [2.05, 4.69) is 0 Å². The molecule has 2 rings (SSSR count). The first-order valence-electron chi connectivity index (χ1n) is 6.07. The predicted octanol–water partition coefficient (Wildman–Crippen LogP) is 0.423. The lowest BCUT2D eigenvalue weighted by Gasteiger charge is -2.29. The molecule has 1 heterocycles. The third-order valence-electron chi connectivity index (χ3n) is 3.23. The molecule has 0 bridgehead atoms. The second-order valence-corrected chi connectivity index (χ2v) is 6.45. The normalized spacial score (nSPS) is 18.4. The Balaban J connectivity index is 2.36. The lowest BCUT2D eigenvalue weighted by molar-refractivity contribution is 0.113. The standard InChI is InChI=1S/C12H18N2O4S/c1-18-11-3-2-9(13)8-12(11)19(16,17)14-6-4-10(15)5-7-14/h2-3,8,10,15H,4-7,13H2,1H3. The minimum atomic E-state index is -3.63. The highest BCUT2D eigenvalue weighted by Gasteiger charge is 2.31. The van der Waals surface area contributed by atoms with Crippen molar-refractivity contribution in [1.82, 2.24) is 4.31 Å². The molecule has 1 aliphatic heterocycles. The molecule has 3 N–H and O–H groups in total. The van der Waals surface area contributed by atoms with Gasteiger partial charge in [0.2, 0.25) is 10.0 Å². The van der Waals surface area contributed by atoms with Crippen LogP contribution in [0.4, 0.5) is 5.69 Å². The number of ether oxygens (including phenoxy) is 1. The van der Waals surface area contributed by atoms with Crippen molar-refractivity contribution in [2.24, 2.45) is 0 Å². The molecule has 0 aromatic heterocycles. The van der Waals surface area contributed by atoms with Crippen LogP contribution in [-0.4, -0.2) is 44.1 Å². The number of aliphatic hydroxyl groups excluding tert-OH is 1. The number of nitrogens with zero attached hydrogens (tertiary/aromatic N) is 1. The van der Waals surface area contributed by atoms with Gasteiger partial charge < -0.3 is 15.6 Å². The predicted molar refractivity (Wildman–Crippen MR) is 71.4 cm³/mol. The Kier molecular flexibility index (Phi) is 3.98. The molecule has 1 aromatic carbocycles. The van der Waals surface area contributed by atoms with Crippen LogP contribution in [0.25, 0.3) is 0 Å². The number of benzene rings is 1. The number of rotatable bonds is 3. The fourth-order valence-corrected chi connectivity index (χ4v) is 3.78. The van der Waals surface area contributed by atoms with Crippen LogP contribution in [0.5, 0.6) is 5.75 Å². The summed E-state index contributed by atoms with van der Waals surface area (Å²) >= 11 is 0. The summed E-state index contributed by atoms with van der Waals surface area (Å²) in [4.78, 5) is 0.0754. The van der Waals surface area contributed by atoms with Gasteiger partial charge in [0.15, 0.2) is 0 Å². The summed E-state index contributed by atoms with van der Waals surface area (Å²) in [5.41, 5.74) is 6.02. The fourth-order valence-electron chi connectivity index (χ4n) is 2.12. The number of hydrogen-bond acceptors (Lipinski definition) is 5. The van der Waals surface area contributed by atoms with Gasteiger partial charge in [-0.1, -0.05) is 0 Å². The van der Waals surface area contributed by atoms with E-state index in [-0.39, 0.29) is 10.6 Å². The Morgan fingerprint density at radius 3 is 2.58 bits per heavy atom. The quantitative estimate of drug-likeness (QED) is 0.786. The third-order valence-corrected chi connectivity index (χ3v) is 5.15. The minimum absolute atomic E-state index is 0.0754. The number of nitrogen functional groups attached to an aromatic ring is 1. The number of piperidine rings is 1. The molecule has 0 saturated carbocycles. The Bertz CT molecular complexity index is 551. The van der Waals surface area contributed by atoms with E-state index in [1.165, 1.54) is 17.5 Å². The molecule has 6 nitrogen and oxygen atoms in total. The second kappa shape index (κ2) is 5.36. The van der Waals surface area contributed by atoms with Crippen molar-refractivity contribution in [2.45, 2.75) is 23.8 Å². The van der Waals surface area contributed by atoms with Crippen molar-refractivity contribution < 1.29 is 18.3 Å². The number of nitrogens with two attached hydrogens (primary N) is 1. The van der Waals surface area contributed by atoms with E-state index in [4.69, 9.17) is 10.5 Å². The Morgan fingerprint density at radius 2 is 2.00 bits per heavy atom. The summed E-state index contributed by atoms with van der Waals surface area (Å²) in [6.07, 6.45) is 0.475. The highest BCUT2D eigenvalue weighted by Crippen LogP contribution is 2.30. The molecule has 0 unspecified atom stereocenters. The average molecular weight is 286 g/mol. The lowest BCUT2D eigenvalue weighted by atomic mass is 10.1. The molecule has 106 valence electrons. The van der Waals surface area contributed by atoms with Gasteiger partial charge in [-0.15, -0.1) is 0 Å². The minimum Gasteiger partial charge on any atom is -0.495 e. The molecule has 0 aliphatic carbocycles. The van der Waals surface area contributed by atoms with Crippen LogP contribution in [0.15, 0.2) is 23.1 Å². The lowest BCUT2D eigenvalue weighted by Crippen LogP contribution is -2.40. The molecule has 1 aromatic rings. The molecule has 1 aliphatic rings. The summed E-state index contributed by atoms with van der Waals surface area (Å²) < 4.78 is 31.5. The highest BCUT2D eigenvalue weighted by atomic mass is 32.2. The smallest absolute Gasteiger partial charge is 0.246 e. The van der Waals surface area contributed by atoms with Crippen LogP contribution < -0.4 is 10.5 Å². The molecule has 0 amide bonds. The molecule has 7 heteroatoms. The van der Waals surface area contributed by atoms with Gasteiger partial charge in [-0.25, -0.2) is 8.42 Å². The van der Waals surface area contributed by atoms with Crippen molar-refractivity contribution in [1.29, 1.82) is 0 Å². The van der Waals surface area contributed by atoms with Gasteiger partial charge in [0.1, 0.15) is 10.6 Å². The largest absolute Gasteiger partial charge is 0.495 e. The fraction of sp³-hybridized carbons (Fsp3) is 0.500. The Morgan fingerprint density at radius 1 is 1.37 bits per heavy atom. The summed E-state index contributed by atoms with van der Waals surface area (Å²) in [7, 11) is -2.21. The molecular weight excluding hydrogens is 268 g/mol. The Labute approximate surface area is 112 Å². The Hall–Kier alpha value is -1.31. The second-order valence-electron chi connectivity index (χ2n) is 4.55. The monoisotopic (exact) mass is 286 g/mol. The van der Waals surface area contributed by atoms with Crippen molar-refractivity contribution in [3.63, 3.8) is 0 Å². The summed E-state index contributed by atoms with van der Waals surface area (Å²) in [5.74, 6) is 0.278. The third kappa shape index (κ3) is 2.83. The van der Waals surface area contributed by atoms with E-state index in [0.717, 1.165) is 0 Å². The van der Waals surface area contributed by atoms with Crippen LogP contribution in [0.3, 0.4) is 0 Å². The van der Waals surface area contributed by atoms with Gasteiger partial charge in [0.05, 0.1) is 13.2 Å². The van der Waals surface area contributed by atoms with Gasteiger partial charge in [-0.2, -0.15) is 4.31 Å². The molecule has 1 saturated heterocycles. The van der Waals surface area contributed by atoms with E-state index in [0.29, 0.717) is 31.6 Å². The van der Waals surface area contributed by atoms with Gasteiger partial charge in [-0.05, 0) is 31.0 Å². The number of sulfonamides is 1. The molecule has 0 radical (unpaired) electrons. The van der Waals surface area contributed by atoms with Gasteiger partial charge in [0.25, 0.3) is 0 Å². The SMILES string of the molecule is COc1ccc(N)cc1S(=O)(=O)N1CCC(O)CC1. The van der Waals surface area contributed by atoms with Crippen LogP contribution >= 0.6 is 0 Å². The first-order valence-corrected chi connectivity index (χ1v) is 7.51. The molecule has 0 spiro atoms. The first kappa shape index (κ1) is 14.1. The maximum absolute atomic E-state index is 12.5. The van der Waals surface area contributed by atoms with Crippen molar-refractivity contribution >= 4 is 15.7 Å². The maximum Gasteiger partial charge on any atom is 0.246 e. The van der Waals surface area contributed by atoms with Crippen LogP contribution in [-0.2, 0) is 10.0 Å². The van der Waals surface area contributed by atoms with Crippen molar-refractivity contribution in [3.05, 3.63) is 18.2 Å². The van der Waals surface area contributed by atoms with E-state index in [1.54, 1.807) is 12.1 Å². The van der Waals surface area contributed by atoms with Gasteiger partial charge in [-0.3, -0.25) is 0 Å². The first-order chi connectivity index (χ1) is 8.95. The average Bonchev–Trinajstić information content (AvgIpc) is 2.39. The van der Waals surface area contributed by atoms with Gasteiger partial charge >= 0.3 is 0 Å². The summed E-state index contributed by atoms with van der Waals surface area (Å²) in [5, 5.41) is 9.44. The highest BCUT2D eigenvalue weighted by molar-refractivity contribution is 7.89. The van der Waals surface area contributed by atoms with Crippen LogP contribution in [0.1, 0.15) is 12.8 Å². The zero-order valence-corrected chi connectivity index (χ0v) is 11.6. The number of anilines is 1. The van der Waals surface area contributed by atoms with E-state index >= 15 is 0 Å². The number of methoxy groups -OCH3 is 1. The molecule has 19 heavy (non-hydrogen) atoms. The van der Waals surface area contributed by atoms with Crippen LogP contribution in [0, 0.1) is 0 Å². The van der Waals surface area contributed by atoms with Crippen LogP contribution in [0.2, 0.25) is 0 Å². The van der Waals surface area contributed by atoms with Crippen molar-refractivity contribution in [3.8, 4) is 5.75 Å². The summed E-state index contributed by atoms with van der Waals surface area (Å²) in [6, 6.07) is 4.54. The molecule has 0 atom stereocenters.